The van der Waals surface area contributed by atoms with E-state index in [1.54, 1.807) is 7.05 Å². The number of hydrogen-bond donors (Lipinski definition) is 0. The molecule has 0 bridgehead atoms. The van der Waals surface area contributed by atoms with Crippen molar-refractivity contribution in [1.29, 1.82) is 0 Å². The van der Waals surface area contributed by atoms with Crippen LogP contribution in [0.3, 0.4) is 0 Å². The third kappa shape index (κ3) is 3.14. The first-order chi connectivity index (χ1) is 8.92. The number of aryl methyl sites for hydroxylation is 1. The third-order valence-electron chi connectivity index (χ3n) is 2.53. The molecular formula is C10H11BrF3N5. The number of nitrogens with zero attached hydrogens (tertiary/aromatic N) is 5. The van der Waals surface area contributed by atoms with Crippen molar-refractivity contribution >= 4 is 32.8 Å². The highest BCUT2D eigenvalue weighted by atomic mass is 79.9. The summed E-state index contributed by atoms with van der Waals surface area (Å²) in [4.78, 5) is 9.14. The van der Waals surface area contributed by atoms with E-state index in [4.69, 9.17) is 0 Å². The molecule has 5 nitrogen and oxygen atoms in total. The molecular weight excluding hydrogens is 327 g/mol. The minimum absolute atomic E-state index is 0.195. The summed E-state index contributed by atoms with van der Waals surface area (Å²) in [5, 5.41) is 4.91. The molecule has 2 aromatic heterocycles. The van der Waals surface area contributed by atoms with Crippen LogP contribution >= 0.6 is 15.9 Å². The molecule has 0 aliphatic carbocycles. The molecule has 0 aromatic carbocycles. The normalized spacial score (nSPS) is 12.1. The minimum Gasteiger partial charge on any atom is -0.346 e. The van der Waals surface area contributed by atoms with Crippen molar-refractivity contribution in [3.05, 3.63) is 12.5 Å². The van der Waals surface area contributed by atoms with Gasteiger partial charge in [-0.3, -0.25) is 4.68 Å². The van der Waals surface area contributed by atoms with Crippen LogP contribution in [-0.4, -0.2) is 44.3 Å². The van der Waals surface area contributed by atoms with Crippen LogP contribution in [0.2, 0.25) is 0 Å². The van der Waals surface area contributed by atoms with Crippen LogP contribution in [0, 0.1) is 0 Å². The average molecular weight is 338 g/mol. The molecule has 2 heterocycles. The number of hydrogen-bond acceptors (Lipinski definition) is 4. The molecule has 2 rings (SSSR count). The van der Waals surface area contributed by atoms with Gasteiger partial charge in [0.15, 0.2) is 5.65 Å². The van der Waals surface area contributed by atoms with Gasteiger partial charge in [-0.2, -0.15) is 18.3 Å². The first-order valence-electron chi connectivity index (χ1n) is 5.43. The lowest BCUT2D eigenvalue weighted by atomic mass is 10.3. The third-order valence-corrected chi connectivity index (χ3v) is 2.89. The Morgan fingerprint density at radius 3 is 2.74 bits per heavy atom. The zero-order valence-electron chi connectivity index (χ0n) is 10.0. The lowest BCUT2D eigenvalue weighted by Gasteiger charge is -2.24. The van der Waals surface area contributed by atoms with Crippen LogP contribution < -0.4 is 4.90 Å². The largest absolute Gasteiger partial charge is 0.405 e. The van der Waals surface area contributed by atoms with Gasteiger partial charge in [-0.25, -0.2) is 9.97 Å². The summed E-state index contributed by atoms with van der Waals surface area (Å²) in [5.41, 5.74) is 0.506. The van der Waals surface area contributed by atoms with Crippen LogP contribution in [-0.2, 0) is 7.05 Å². The summed E-state index contributed by atoms with van der Waals surface area (Å²) < 4.78 is 39.3. The van der Waals surface area contributed by atoms with E-state index in [2.05, 4.69) is 31.0 Å². The molecule has 0 saturated heterocycles. The van der Waals surface area contributed by atoms with Crippen LogP contribution in [0.5, 0.6) is 0 Å². The van der Waals surface area contributed by atoms with Crippen LogP contribution in [0.15, 0.2) is 12.5 Å². The first kappa shape index (κ1) is 14.0. The van der Waals surface area contributed by atoms with E-state index in [1.165, 1.54) is 22.1 Å². The maximum absolute atomic E-state index is 12.6. The van der Waals surface area contributed by atoms with Crippen molar-refractivity contribution in [3.63, 3.8) is 0 Å². The van der Waals surface area contributed by atoms with Crippen molar-refractivity contribution in [2.75, 3.05) is 23.3 Å². The standard InChI is InChI=1S/C10H11BrF3N5/c1-18-8-7(4-17-18)9(16-6-15-8)19(3-2-11)5-10(12,13)14/h4,6H,2-3,5H2,1H3. The summed E-state index contributed by atoms with van der Waals surface area (Å²) in [5.74, 6) is 0.245. The van der Waals surface area contributed by atoms with E-state index < -0.39 is 12.7 Å². The molecule has 0 aliphatic rings. The summed E-state index contributed by atoms with van der Waals surface area (Å²) in [6.07, 6.45) is -1.57. The minimum atomic E-state index is -4.29. The Morgan fingerprint density at radius 2 is 2.11 bits per heavy atom. The molecule has 2 aromatic rings. The summed E-state index contributed by atoms with van der Waals surface area (Å²) >= 11 is 3.15. The second-order valence-corrected chi connectivity index (χ2v) is 4.72. The number of alkyl halides is 4. The van der Waals surface area contributed by atoms with Gasteiger partial charge in [-0.05, 0) is 0 Å². The number of aromatic nitrogens is 4. The lowest BCUT2D eigenvalue weighted by Crippen LogP contribution is -2.36. The fraction of sp³-hybridized carbons (Fsp3) is 0.500. The zero-order valence-corrected chi connectivity index (χ0v) is 11.6. The van der Waals surface area contributed by atoms with Crippen LogP contribution in [0.4, 0.5) is 19.0 Å². The fourth-order valence-electron chi connectivity index (χ4n) is 1.78. The van der Waals surface area contributed by atoms with Crippen molar-refractivity contribution in [2.24, 2.45) is 7.05 Å². The van der Waals surface area contributed by atoms with Crippen molar-refractivity contribution in [2.45, 2.75) is 6.18 Å². The molecule has 0 N–H and O–H groups in total. The van der Waals surface area contributed by atoms with Gasteiger partial charge in [0.1, 0.15) is 18.7 Å². The van der Waals surface area contributed by atoms with Crippen molar-refractivity contribution < 1.29 is 13.2 Å². The summed E-state index contributed by atoms with van der Waals surface area (Å²) in [7, 11) is 1.68. The molecule has 104 valence electrons. The predicted octanol–water partition coefficient (Wildman–Crippen LogP) is 2.13. The monoisotopic (exact) mass is 337 g/mol. The highest BCUT2D eigenvalue weighted by molar-refractivity contribution is 9.09. The van der Waals surface area contributed by atoms with Crippen LogP contribution in [0.1, 0.15) is 0 Å². The Kier molecular flexibility index (Phi) is 3.93. The number of fused-ring (bicyclic) bond motifs is 1. The van der Waals surface area contributed by atoms with Gasteiger partial charge in [0, 0.05) is 18.9 Å². The SMILES string of the molecule is Cn1ncc2c(N(CCBr)CC(F)(F)F)ncnc21. The van der Waals surface area contributed by atoms with Gasteiger partial charge in [-0.1, -0.05) is 15.9 Å². The second-order valence-electron chi connectivity index (χ2n) is 3.93. The van der Waals surface area contributed by atoms with E-state index in [1.807, 2.05) is 0 Å². The highest BCUT2D eigenvalue weighted by Crippen LogP contribution is 2.26. The molecule has 0 saturated carbocycles. The summed E-state index contributed by atoms with van der Waals surface area (Å²) in [6, 6.07) is 0. The number of anilines is 1. The molecule has 0 fully saturated rings. The van der Waals surface area contributed by atoms with E-state index in [9.17, 15) is 13.2 Å². The van der Waals surface area contributed by atoms with Gasteiger partial charge in [0.25, 0.3) is 0 Å². The molecule has 0 aliphatic heterocycles. The average Bonchev–Trinajstić information content (AvgIpc) is 2.69. The Morgan fingerprint density at radius 1 is 1.37 bits per heavy atom. The van der Waals surface area contributed by atoms with Gasteiger partial charge < -0.3 is 4.90 Å². The van der Waals surface area contributed by atoms with Crippen molar-refractivity contribution in [3.8, 4) is 0 Å². The summed E-state index contributed by atoms with van der Waals surface area (Å²) in [6.45, 7) is -0.861. The quantitative estimate of drug-likeness (QED) is 0.802. The topological polar surface area (TPSA) is 46.8 Å². The van der Waals surface area contributed by atoms with Gasteiger partial charge >= 0.3 is 6.18 Å². The Hall–Kier alpha value is -1.38. The molecule has 0 radical (unpaired) electrons. The van der Waals surface area contributed by atoms with E-state index in [0.717, 1.165) is 0 Å². The van der Waals surface area contributed by atoms with E-state index in [0.29, 0.717) is 16.4 Å². The van der Waals surface area contributed by atoms with Gasteiger partial charge in [0.2, 0.25) is 0 Å². The van der Waals surface area contributed by atoms with Crippen LogP contribution in [0.25, 0.3) is 11.0 Å². The molecule has 0 atom stereocenters. The number of rotatable bonds is 4. The fourth-order valence-corrected chi connectivity index (χ4v) is 2.21. The smallest absolute Gasteiger partial charge is 0.346 e. The maximum atomic E-state index is 12.6. The lowest BCUT2D eigenvalue weighted by molar-refractivity contribution is -0.119. The van der Waals surface area contributed by atoms with Gasteiger partial charge in [0.05, 0.1) is 11.6 Å². The number of halogens is 4. The Labute approximate surface area is 115 Å². The van der Waals surface area contributed by atoms with Crippen molar-refractivity contribution in [1.82, 2.24) is 19.7 Å². The van der Waals surface area contributed by atoms with E-state index >= 15 is 0 Å². The van der Waals surface area contributed by atoms with E-state index in [-0.39, 0.29) is 12.4 Å². The highest BCUT2D eigenvalue weighted by Gasteiger charge is 2.32. The van der Waals surface area contributed by atoms with Gasteiger partial charge in [-0.15, -0.1) is 0 Å². The molecule has 19 heavy (non-hydrogen) atoms. The predicted molar refractivity (Wildman–Crippen MR) is 68.4 cm³/mol. The second kappa shape index (κ2) is 5.32. The molecule has 0 spiro atoms. The maximum Gasteiger partial charge on any atom is 0.405 e. The Balaban J connectivity index is 2.44. The first-order valence-corrected chi connectivity index (χ1v) is 6.55. The zero-order chi connectivity index (χ0) is 14.0. The molecule has 0 unspecified atom stereocenters. The molecule has 0 amide bonds. The molecule has 9 heteroatoms. The Bertz CT molecular complexity index is 568.